The summed E-state index contributed by atoms with van der Waals surface area (Å²) in [5.41, 5.74) is 11.3. The summed E-state index contributed by atoms with van der Waals surface area (Å²) in [4.78, 5) is 0. The molecule has 0 N–H and O–H groups in total. The van der Waals surface area contributed by atoms with Crippen molar-refractivity contribution >= 4 is 6.08 Å². The predicted octanol–water partition coefficient (Wildman–Crippen LogP) is 6.93. The minimum Gasteiger partial charge on any atom is -0.0655 e. The van der Waals surface area contributed by atoms with Gasteiger partial charge in [-0.15, -0.1) is 0 Å². The van der Waals surface area contributed by atoms with Crippen molar-refractivity contribution in [2.45, 2.75) is 33.1 Å². The molecule has 0 spiro atoms. The Kier molecular flexibility index (Phi) is 4.28. The Bertz CT molecular complexity index is 930. The molecule has 0 atom stereocenters. The largest absolute Gasteiger partial charge is 0.0655 e. The van der Waals surface area contributed by atoms with Gasteiger partial charge >= 0.3 is 0 Å². The first kappa shape index (κ1) is 15.9. The number of hydrogen-bond donors (Lipinski definition) is 0. The predicted molar refractivity (Wildman–Crippen MR) is 109 cm³/mol. The maximum absolute atomic E-state index is 2.43. The van der Waals surface area contributed by atoms with Crippen LogP contribution in [0, 0.1) is 0 Å². The highest BCUT2D eigenvalue weighted by Gasteiger charge is 2.20. The van der Waals surface area contributed by atoms with Crippen LogP contribution in [0.5, 0.6) is 0 Å². The van der Waals surface area contributed by atoms with Gasteiger partial charge in [0.05, 0.1) is 0 Å². The van der Waals surface area contributed by atoms with Crippen molar-refractivity contribution in [3.05, 3.63) is 89.0 Å². The molecule has 124 valence electrons. The number of rotatable bonds is 4. The molecular weight excluding hydrogens is 300 g/mol. The van der Waals surface area contributed by atoms with Gasteiger partial charge in [0.25, 0.3) is 0 Å². The van der Waals surface area contributed by atoms with Crippen LogP contribution in [0.15, 0.2) is 72.3 Å². The van der Waals surface area contributed by atoms with Crippen molar-refractivity contribution in [3.63, 3.8) is 0 Å². The molecule has 0 nitrogen and oxygen atoms in total. The molecule has 3 aromatic carbocycles. The van der Waals surface area contributed by atoms with E-state index < -0.39 is 0 Å². The lowest BCUT2D eigenvalue weighted by Gasteiger charge is -2.17. The van der Waals surface area contributed by atoms with Crippen LogP contribution in [-0.4, -0.2) is 0 Å². The van der Waals surface area contributed by atoms with Gasteiger partial charge in [-0.2, -0.15) is 0 Å². The zero-order chi connectivity index (χ0) is 17.2. The van der Waals surface area contributed by atoms with Crippen LogP contribution in [0.25, 0.3) is 28.3 Å². The molecule has 0 saturated carbocycles. The minimum atomic E-state index is 1.05. The van der Waals surface area contributed by atoms with Crippen molar-refractivity contribution in [3.8, 4) is 22.3 Å². The lowest BCUT2D eigenvalue weighted by molar-refractivity contribution is 1.04. The van der Waals surface area contributed by atoms with E-state index in [2.05, 4.69) is 86.7 Å². The fraction of sp³-hybridized carbons (Fsp3) is 0.200. The second-order valence-corrected chi connectivity index (χ2v) is 6.77. The Morgan fingerprint density at radius 1 is 0.720 bits per heavy atom. The standard InChI is InChI=1S/C25H24/c1-3-18-16-21-14-15-23(20-11-6-5-7-12-20)25(24(21)17-18)22-13-9-8-10-19(22)4-2/h5-15,17H,3-4,16H2,1-2H3. The van der Waals surface area contributed by atoms with Gasteiger partial charge in [-0.05, 0) is 58.2 Å². The molecule has 0 radical (unpaired) electrons. The first-order chi connectivity index (χ1) is 12.3. The van der Waals surface area contributed by atoms with Crippen molar-refractivity contribution < 1.29 is 0 Å². The first-order valence-electron chi connectivity index (χ1n) is 9.30. The molecule has 0 amide bonds. The van der Waals surface area contributed by atoms with E-state index in [9.17, 15) is 0 Å². The highest BCUT2D eigenvalue weighted by Crippen LogP contribution is 2.42. The molecule has 0 fully saturated rings. The van der Waals surface area contributed by atoms with Crippen LogP contribution in [-0.2, 0) is 12.8 Å². The number of benzene rings is 3. The summed E-state index contributed by atoms with van der Waals surface area (Å²) >= 11 is 0. The second-order valence-electron chi connectivity index (χ2n) is 6.77. The quantitative estimate of drug-likeness (QED) is 0.488. The molecule has 25 heavy (non-hydrogen) atoms. The molecule has 4 rings (SSSR count). The second kappa shape index (κ2) is 6.72. The number of allylic oxidation sites excluding steroid dienone is 1. The molecule has 0 saturated heterocycles. The van der Waals surface area contributed by atoms with E-state index in [4.69, 9.17) is 0 Å². The average molecular weight is 324 g/mol. The number of fused-ring (bicyclic) bond motifs is 1. The maximum atomic E-state index is 2.43. The van der Waals surface area contributed by atoms with Crippen molar-refractivity contribution in [2.75, 3.05) is 0 Å². The van der Waals surface area contributed by atoms with Crippen LogP contribution in [0.2, 0.25) is 0 Å². The van der Waals surface area contributed by atoms with E-state index in [-0.39, 0.29) is 0 Å². The first-order valence-corrected chi connectivity index (χ1v) is 9.30. The van der Waals surface area contributed by atoms with E-state index in [1.54, 1.807) is 0 Å². The Balaban J connectivity index is 2.03. The Hall–Kier alpha value is -2.60. The SMILES string of the molecule is CCC1=Cc2c(ccc(-c3ccccc3)c2-c2ccccc2CC)C1. The average Bonchev–Trinajstić information content (AvgIpc) is 3.11. The molecule has 1 aliphatic carbocycles. The highest BCUT2D eigenvalue weighted by atomic mass is 14.2. The van der Waals surface area contributed by atoms with Gasteiger partial charge in [-0.25, -0.2) is 0 Å². The fourth-order valence-corrected chi connectivity index (χ4v) is 3.93. The molecule has 3 aromatic rings. The van der Waals surface area contributed by atoms with E-state index in [0.717, 1.165) is 19.3 Å². The minimum absolute atomic E-state index is 1.05. The van der Waals surface area contributed by atoms with Crippen LogP contribution in [0.3, 0.4) is 0 Å². The van der Waals surface area contributed by atoms with Crippen LogP contribution >= 0.6 is 0 Å². The summed E-state index contributed by atoms with van der Waals surface area (Å²) in [7, 11) is 0. The van der Waals surface area contributed by atoms with Gasteiger partial charge in [0.15, 0.2) is 0 Å². The number of aryl methyl sites for hydroxylation is 1. The van der Waals surface area contributed by atoms with E-state index in [1.807, 2.05) is 0 Å². The van der Waals surface area contributed by atoms with Gasteiger partial charge in [0.1, 0.15) is 0 Å². The zero-order valence-corrected chi connectivity index (χ0v) is 15.0. The Labute approximate surface area is 150 Å². The van der Waals surface area contributed by atoms with E-state index >= 15 is 0 Å². The van der Waals surface area contributed by atoms with Crippen LogP contribution < -0.4 is 0 Å². The molecule has 1 aliphatic rings. The normalized spacial score (nSPS) is 12.8. The highest BCUT2D eigenvalue weighted by molar-refractivity contribution is 5.93. The Morgan fingerprint density at radius 3 is 2.24 bits per heavy atom. The van der Waals surface area contributed by atoms with Crippen molar-refractivity contribution in [2.24, 2.45) is 0 Å². The third kappa shape index (κ3) is 2.82. The fourth-order valence-electron chi connectivity index (χ4n) is 3.93. The van der Waals surface area contributed by atoms with E-state index in [1.165, 1.54) is 44.5 Å². The summed E-state index contributed by atoms with van der Waals surface area (Å²) in [5, 5.41) is 0. The molecule has 0 unspecified atom stereocenters. The van der Waals surface area contributed by atoms with Gasteiger partial charge in [0.2, 0.25) is 0 Å². The van der Waals surface area contributed by atoms with Crippen LogP contribution in [0.1, 0.15) is 37.0 Å². The smallest absolute Gasteiger partial charge is 0.00272 e. The van der Waals surface area contributed by atoms with E-state index in [0.29, 0.717) is 0 Å². The Morgan fingerprint density at radius 2 is 1.48 bits per heavy atom. The molecule has 0 heteroatoms. The summed E-state index contributed by atoms with van der Waals surface area (Å²) in [5.74, 6) is 0. The monoisotopic (exact) mass is 324 g/mol. The molecule has 0 heterocycles. The van der Waals surface area contributed by atoms with Gasteiger partial charge in [0, 0.05) is 0 Å². The lowest BCUT2D eigenvalue weighted by atomic mass is 9.86. The topological polar surface area (TPSA) is 0 Å². The molecule has 0 aliphatic heterocycles. The zero-order valence-electron chi connectivity index (χ0n) is 15.0. The van der Waals surface area contributed by atoms with Gasteiger partial charge in [-0.1, -0.05) is 92.2 Å². The summed E-state index contributed by atoms with van der Waals surface area (Å²) in [6, 6.07) is 24.3. The maximum Gasteiger partial charge on any atom is -0.00272 e. The van der Waals surface area contributed by atoms with Crippen molar-refractivity contribution in [1.29, 1.82) is 0 Å². The van der Waals surface area contributed by atoms with Gasteiger partial charge < -0.3 is 0 Å². The van der Waals surface area contributed by atoms with Gasteiger partial charge in [-0.3, -0.25) is 0 Å². The van der Waals surface area contributed by atoms with Crippen molar-refractivity contribution in [1.82, 2.24) is 0 Å². The summed E-state index contributed by atoms with van der Waals surface area (Å²) in [6.45, 7) is 4.51. The molecular formula is C25H24. The number of hydrogen-bond acceptors (Lipinski definition) is 0. The summed E-state index contributed by atoms with van der Waals surface area (Å²) < 4.78 is 0. The molecule has 0 bridgehead atoms. The molecule has 0 aromatic heterocycles. The van der Waals surface area contributed by atoms with Crippen LogP contribution in [0.4, 0.5) is 0 Å². The third-order valence-corrected chi connectivity index (χ3v) is 5.31. The third-order valence-electron chi connectivity index (χ3n) is 5.31. The summed E-state index contributed by atoms with van der Waals surface area (Å²) in [6.07, 6.45) is 5.72. The lowest BCUT2D eigenvalue weighted by Crippen LogP contribution is -1.95.